The molecule has 0 unspecified atom stereocenters. The van der Waals surface area contributed by atoms with E-state index in [9.17, 15) is 9.59 Å². The van der Waals surface area contributed by atoms with Gasteiger partial charge in [0.15, 0.2) is 11.5 Å². The molecule has 3 aliphatic rings. The molecule has 2 fully saturated rings. The van der Waals surface area contributed by atoms with Crippen LogP contribution in [0.4, 0.5) is 4.79 Å². The monoisotopic (exact) mass is 464 g/mol. The van der Waals surface area contributed by atoms with E-state index in [1.54, 1.807) is 30.4 Å². The summed E-state index contributed by atoms with van der Waals surface area (Å²) in [4.78, 5) is 34.8. The lowest BCUT2D eigenvalue weighted by Gasteiger charge is -2.28. The van der Waals surface area contributed by atoms with Crippen LogP contribution in [-0.2, 0) is 10.3 Å². The van der Waals surface area contributed by atoms with Crippen LogP contribution in [0.1, 0.15) is 36.4 Å². The number of benzene rings is 2. The molecule has 170 valence electrons. The van der Waals surface area contributed by atoms with Crippen molar-refractivity contribution in [2.75, 3.05) is 26.4 Å². The second-order valence-electron chi connectivity index (χ2n) is 8.78. The van der Waals surface area contributed by atoms with E-state index < -0.39 is 5.54 Å². The number of amides is 3. The molecule has 1 aromatic heterocycles. The Morgan fingerprint density at radius 3 is 2.82 bits per heavy atom. The first-order chi connectivity index (χ1) is 16.0. The van der Waals surface area contributed by atoms with Crippen LogP contribution in [0.25, 0.3) is 10.2 Å². The van der Waals surface area contributed by atoms with Gasteiger partial charge in [-0.3, -0.25) is 9.69 Å². The normalized spacial score (nSPS) is 25.1. The number of aromatic nitrogens is 1. The molecule has 3 amide bonds. The minimum absolute atomic E-state index is 0.101. The Kier molecular flexibility index (Phi) is 4.77. The number of para-hydroxylation sites is 1. The van der Waals surface area contributed by atoms with E-state index in [1.807, 2.05) is 24.3 Å². The van der Waals surface area contributed by atoms with E-state index in [0.29, 0.717) is 30.3 Å². The fraction of sp³-hybridized carbons (Fsp3) is 0.375. The zero-order valence-corrected chi connectivity index (χ0v) is 19.1. The number of urea groups is 1. The van der Waals surface area contributed by atoms with Crippen molar-refractivity contribution in [2.45, 2.75) is 31.3 Å². The molecule has 33 heavy (non-hydrogen) atoms. The van der Waals surface area contributed by atoms with Crippen LogP contribution in [0.3, 0.4) is 0 Å². The highest BCUT2D eigenvalue weighted by molar-refractivity contribution is 7.18. The standard InChI is InChI=1S/C24H24N4O4S/c1-24(15-8-9-18-19(13-15)32-12-11-31-18)22(29)28(23(30)26-24)14-27-10-4-6-17(27)21-25-16-5-2-3-7-20(16)33-21/h2-3,5,7-9,13,17H,4,6,10-12,14H2,1H3,(H,26,30)/t17-,24-/m0/s1. The predicted octanol–water partition coefficient (Wildman–Crippen LogP) is 3.63. The van der Waals surface area contributed by atoms with Gasteiger partial charge in [0.25, 0.3) is 5.91 Å². The highest BCUT2D eigenvalue weighted by Crippen LogP contribution is 2.39. The zero-order valence-electron chi connectivity index (χ0n) is 18.2. The second kappa shape index (κ2) is 7.71. The third-order valence-corrected chi connectivity index (χ3v) is 7.81. The summed E-state index contributed by atoms with van der Waals surface area (Å²) in [7, 11) is 0. The Hall–Kier alpha value is -3.17. The van der Waals surface area contributed by atoms with E-state index in [2.05, 4.69) is 16.3 Å². The first-order valence-corrected chi connectivity index (χ1v) is 12.0. The summed E-state index contributed by atoms with van der Waals surface area (Å²) in [5, 5.41) is 3.94. The molecule has 0 spiro atoms. The molecule has 3 aliphatic heterocycles. The van der Waals surface area contributed by atoms with Crippen molar-refractivity contribution in [3.63, 3.8) is 0 Å². The molecule has 2 aromatic carbocycles. The van der Waals surface area contributed by atoms with Gasteiger partial charge in [0.1, 0.15) is 23.8 Å². The van der Waals surface area contributed by atoms with Gasteiger partial charge in [-0.25, -0.2) is 14.7 Å². The van der Waals surface area contributed by atoms with Gasteiger partial charge < -0.3 is 14.8 Å². The first-order valence-electron chi connectivity index (χ1n) is 11.2. The van der Waals surface area contributed by atoms with Gasteiger partial charge in [0, 0.05) is 6.54 Å². The fourth-order valence-corrected chi connectivity index (χ4v) is 6.00. The summed E-state index contributed by atoms with van der Waals surface area (Å²) in [6, 6.07) is 13.2. The number of ether oxygens (including phenoxy) is 2. The third-order valence-electron chi connectivity index (χ3n) is 6.68. The molecule has 0 saturated carbocycles. The molecule has 0 aliphatic carbocycles. The number of nitrogens with zero attached hydrogens (tertiary/aromatic N) is 3. The topological polar surface area (TPSA) is 84.0 Å². The summed E-state index contributed by atoms with van der Waals surface area (Å²) >= 11 is 1.68. The zero-order chi connectivity index (χ0) is 22.6. The van der Waals surface area contributed by atoms with E-state index >= 15 is 0 Å². The Bertz CT molecular complexity index is 1230. The molecule has 6 rings (SSSR count). The van der Waals surface area contributed by atoms with Crippen LogP contribution in [0.15, 0.2) is 42.5 Å². The molecule has 9 heteroatoms. The molecular formula is C24H24N4O4S. The lowest BCUT2D eigenvalue weighted by atomic mass is 9.91. The number of thiazole rings is 1. The van der Waals surface area contributed by atoms with Crippen LogP contribution in [0.2, 0.25) is 0 Å². The summed E-state index contributed by atoms with van der Waals surface area (Å²) in [5.41, 5.74) is 0.514. The van der Waals surface area contributed by atoms with Crippen LogP contribution >= 0.6 is 11.3 Å². The van der Waals surface area contributed by atoms with E-state index in [1.165, 1.54) is 4.90 Å². The summed E-state index contributed by atoms with van der Waals surface area (Å²) in [5.74, 6) is 0.980. The number of rotatable bonds is 4. The van der Waals surface area contributed by atoms with Crippen LogP contribution in [0, 0.1) is 0 Å². The minimum atomic E-state index is -1.15. The van der Waals surface area contributed by atoms with Crippen LogP contribution in [0.5, 0.6) is 11.5 Å². The number of hydrogen-bond acceptors (Lipinski definition) is 7. The lowest BCUT2D eigenvalue weighted by Crippen LogP contribution is -2.43. The number of fused-ring (bicyclic) bond motifs is 2. The highest BCUT2D eigenvalue weighted by atomic mass is 32.1. The summed E-state index contributed by atoms with van der Waals surface area (Å²) < 4.78 is 12.4. The maximum atomic E-state index is 13.5. The Balaban J connectivity index is 1.24. The lowest BCUT2D eigenvalue weighted by molar-refractivity contribution is -0.132. The third kappa shape index (κ3) is 3.34. The number of carbonyl (C=O) groups excluding carboxylic acids is 2. The minimum Gasteiger partial charge on any atom is -0.486 e. The molecule has 8 nitrogen and oxygen atoms in total. The predicted molar refractivity (Wildman–Crippen MR) is 123 cm³/mol. The van der Waals surface area contributed by atoms with Crippen LogP contribution in [-0.4, -0.2) is 53.1 Å². The molecule has 3 aromatic rings. The largest absolute Gasteiger partial charge is 0.486 e. The first kappa shape index (κ1) is 20.4. The fourth-order valence-electron chi connectivity index (χ4n) is 4.86. The maximum Gasteiger partial charge on any atom is 0.326 e. The van der Waals surface area contributed by atoms with Gasteiger partial charge in [0.05, 0.1) is 22.9 Å². The number of nitrogens with one attached hydrogen (secondary N) is 1. The molecule has 2 saturated heterocycles. The Morgan fingerprint density at radius 1 is 1.15 bits per heavy atom. The average Bonchev–Trinajstić information content (AvgIpc) is 3.52. The van der Waals surface area contributed by atoms with Crippen molar-refractivity contribution in [1.82, 2.24) is 20.1 Å². The quantitative estimate of drug-likeness (QED) is 0.594. The molecule has 2 atom stereocenters. The van der Waals surface area contributed by atoms with Gasteiger partial charge in [-0.1, -0.05) is 18.2 Å². The van der Waals surface area contributed by atoms with Crippen LogP contribution < -0.4 is 14.8 Å². The summed E-state index contributed by atoms with van der Waals surface area (Å²) in [6.45, 7) is 3.76. The van der Waals surface area contributed by atoms with E-state index in [4.69, 9.17) is 14.5 Å². The molecule has 0 bridgehead atoms. The molecular weight excluding hydrogens is 440 g/mol. The second-order valence-corrected chi connectivity index (χ2v) is 9.84. The van der Waals surface area contributed by atoms with Gasteiger partial charge in [-0.15, -0.1) is 11.3 Å². The van der Waals surface area contributed by atoms with E-state index in [0.717, 1.165) is 34.6 Å². The van der Waals surface area contributed by atoms with E-state index in [-0.39, 0.29) is 24.6 Å². The number of likely N-dealkylation sites (tertiary alicyclic amines) is 1. The van der Waals surface area contributed by atoms with Gasteiger partial charge >= 0.3 is 6.03 Å². The number of carbonyl (C=O) groups is 2. The highest BCUT2D eigenvalue weighted by Gasteiger charge is 2.50. The molecule has 4 heterocycles. The molecule has 1 N–H and O–H groups in total. The Labute approximate surface area is 195 Å². The maximum absolute atomic E-state index is 13.5. The Morgan fingerprint density at radius 2 is 1.97 bits per heavy atom. The van der Waals surface area contributed by atoms with Crippen molar-refractivity contribution in [2.24, 2.45) is 0 Å². The van der Waals surface area contributed by atoms with Gasteiger partial charge in [-0.2, -0.15) is 0 Å². The van der Waals surface area contributed by atoms with Crippen molar-refractivity contribution in [3.05, 3.63) is 53.0 Å². The van der Waals surface area contributed by atoms with Crippen molar-refractivity contribution in [1.29, 1.82) is 0 Å². The van der Waals surface area contributed by atoms with Gasteiger partial charge in [0.2, 0.25) is 0 Å². The smallest absolute Gasteiger partial charge is 0.326 e. The summed E-state index contributed by atoms with van der Waals surface area (Å²) in [6.07, 6.45) is 1.96. The van der Waals surface area contributed by atoms with Crippen molar-refractivity contribution < 1.29 is 19.1 Å². The molecule has 0 radical (unpaired) electrons. The number of imide groups is 1. The van der Waals surface area contributed by atoms with Crippen molar-refractivity contribution in [3.8, 4) is 11.5 Å². The number of hydrogen-bond donors (Lipinski definition) is 1. The van der Waals surface area contributed by atoms with Gasteiger partial charge in [-0.05, 0) is 49.6 Å². The SMILES string of the molecule is C[C@@]1(c2ccc3c(c2)OCCO3)NC(=O)N(CN2CCC[C@H]2c2nc3ccccc3s2)C1=O. The average molecular weight is 465 g/mol. The van der Waals surface area contributed by atoms with Crippen molar-refractivity contribution >= 4 is 33.5 Å².